The van der Waals surface area contributed by atoms with Gasteiger partial charge in [-0.15, -0.1) is 0 Å². The molecule has 0 bridgehead atoms. The third-order valence-corrected chi connectivity index (χ3v) is 3.55. The molecule has 5 heteroatoms. The average molecular weight is 296 g/mol. The minimum absolute atomic E-state index is 0.689. The summed E-state index contributed by atoms with van der Waals surface area (Å²) < 4.78 is 7.22. The monoisotopic (exact) mass is 295 g/mol. The largest absolute Gasteiger partial charge is 0.463 e. The van der Waals surface area contributed by atoms with Gasteiger partial charge in [0.05, 0.1) is 12.5 Å². The SMILES string of the molecule is Clc1cccc(-c2cnn3c(-c4ccco4)ccnc23)c1. The molecule has 0 saturated heterocycles. The number of rotatable bonds is 2. The Morgan fingerprint density at radius 1 is 1.10 bits per heavy atom. The summed E-state index contributed by atoms with van der Waals surface area (Å²) in [6.07, 6.45) is 5.19. The summed E-state index contributed by atoms with van der Waals surface area (Å²) >= 11 is 6.06. The lowest BCUT2D eigenvalue weighted by Crippen LogP contribution is -1.94. The number of fused-ring (bicyclic) bond motifs is 1. The van der Waals surface area contributed by atoms with E-state index < -0.39 is 0 Å². The van der Waals surface area contributed by atoms with Gasteiger partial charge in [-0.25, -0.2) is 9.50 Å². The van der Waals surface area contributed by atoms with Crippen molar-refractivity contribution in [2.45, 2.75) is 0 Å². The fourth-order valence-electron chi connectivity index (χ4n) is 2.36. The first-order valence-corrected chi connectivity index (χ1v) is 6.83. The third-order valence-electron chi connectivity index (χ3n) is 3.31. The van der Waals surface area contributed by atoms with Crippen molar-refractivity contribution in [1.82, 2.24) is 14.6 Å². The van der Waals surface area contributed by atoms with Gasteiger partial charge in [-0.3, -0.25) is 0 Å². The molecule has 0 aliphatic heterocycles. The highest BCUT2D eigenvalue weighted by molar-refractivity contribution is 6.30. The Hall–Kier alpha value is -2.59. The standard InChI is InChI=1S/C16H10ClN3O/c17-12-4-1-3-11(9-12)13-10-19-20-14(6-7-18-16(13)20)15-5-2-8-21-15/h1-10H. The zero-order valence-electron chi connectivity index (χ0n) is 10.9. The van der Waals surface area contributed by atoms with Crippen molar-refractivity contribution in [3.63, 3.8) is 0 Å². The van der Waals surface area contributed by atoms with Crippen LogP contribution in [-0.4, -0.2) is 14.6 Å². The fraction of sp³-hybridized carbons (Fsp3) is 0. The molecule has 0 saturated carbocycles. The van der Waals surface area contributed by atoms with E-state index >= 15 is 0 Å². The first kappa shape index (κ1) is 12.2. The van der Waals surface area contributed by atoms with Crippen LogP contribution < -0.4 is 0 Å². The molecule has 0 spiro atoms. The van der Waals surface area contributed by atoms with Crippen LogP contribution in [-0.2, 0) is 0 Å². The van der Waals surface area contributed by atoms with Gasteiger partial charge >= 0.3 is 0 Å². The maximum atomic E-state index is 6.06. The second-order valence-electron chi connectivity index (χ2n) is 4.61. The Morgan fingerprint density at radius 3 is 2.86 bits per heavy atom. The summed E-state index contributed by atoms with van der Waals surface area (Å²) in [6.45, 7) is 0. The molecule has 3 aromatic heterocycles. The van der Waals surface area contributed by atoms with Crippen LogP contribution in [0.3, 0.4) is 0 Å². The number of nitrogens with zero attached hydrogens (tertiary/aromatic N) is 3. The molecule has 21 heavy (non-hydrogen) atoms. The number of hydrogen-bond donors (Lipinski definition) is 0. The first-order chi connectivity index (χ1) is 10.3. The number of aromatic nitrogens is 3. The topological polar surface area (TPSA) is 43.3 Å². The molecule has 4 nitrogen and oxygen atoms in total. The van der Waals surface area contributed by atoms with Crippen molar-refractivity contribution in [2.24, 2.45) is 0 Å². The van der Waals surface area contributed by atoms with Crippen LogP contribution in [0.2, 0.25) is 5.02 Å². The van der Waals surface area contributed by atoms with E-state index in [1.54, 1.807) is 23.2 Å². The van der Waals surface area contributed by atoms with Crippen molar-refractivity contribution in [2.75, 3.05) is 0 Å². The maximum absolute atomic E-state index is 6.06. The van der Waals surface area contributed by atoms with Gasteiger partial charge in [0, 0.05) is 16.8 Å². The summed E-state index contributed by atoms with van der Waals surface area (Å²) in [5.41, 5.74) is 3.55. The molecule has 0 N–H and O–H groups in total. The lowest BCUT2D eigenvalue weighted by Gasteiger charge is -2.02. The van der Waals surface area contributed by atoms with Gasteiger partial charge < -0.3 is 4.42 Å². The molecule has 0 radical (unpaired) electrons. The van der Waals surface area contributed by atoms with E-state index in [9.17, 15) is 0 Å². The molecule has 0 fully saturated rings. The molecule has 0 amide bonds. The second kappa shape index (κ2) is 4.75. The van der Waals surface area contributed by atoms with Gasteiger partial charge in [0.25, 0.3) is 0 Å². The van der Waals surface area contributed by atoms with Gasteiger partial charge in [0.2, 0.25) is 0 Å². The van der Waals surface area contributed by atoms with Gasteiger partial charge in [-0.2, -0.15) is 5.10 Å². The van der Waals surface area contributed by atoms with Crippen LogP contribution in [0.5, 0.6) is 0 Å². The predicted molar refractivity (Wildman–Crippen MR) is 81.1 cm³/mol. The van der Waals surface area contributed by atoms with E-state index in [1.807, 2.05) is 42.5 Å². The van der Waals surface area contributed by atoms with E-state index in [0.717, 1.165) is 28.2 Å². The van der Waals surface area contributed by atoms with Crippen molar-refractivity contribution in [1.29, 1.82) is 0 Å². The van der Waals surface area contributed by atoms with E-state index in [2.05, 4.69) is 10.1 Å². The quantitative estimate of drug-likeness (QED) is 0.553. The smallest absolute Gasteiger partial charge is 0.163 e. The van der Waals surface area contributed by atoms with E-state index in [4.69, 9.17) is 16.0 Å². The minimum Gasteiger partial charge on any atom is -0.463 e. The summed E-state index contributed by atoms with van der Waals surface area (Å²) in [4.78, 5) is 4.43. The molecule has 0 atom stereocenters. The van der Waals surface area contributed by atoms with E-state index in [0.29, 0.717) is 5.02 Å². The Labute approximate surface area is 125 Å². The first-order valence-electron chi connectivity index (χ1n) is 6.45. The summed E-state index contributed by atoms with van der Waals surface area (Å²) in [5, 5.41) is 5.12. The summed E-state index contributed by atoms with van der Waals surface area (Å²) in [7, 11) is 0. The highest BCUT2D eigenvalue weighted by atomic mass is 35.5. The van der Waals surface area contributed by atoms with Gasteiger partial charge in [-0.1, -0.05) is 23.7 Å². The highest BCUT2D eigenvalue weighted by Crippen LogP contribution is 2.28. The van der Waals surface area contributed by atoms with Crippen LogP contribution in [0.25, 0.3) is 28.2 Å². The Morgan fingerprint density at radius 2 is 2.05 bits per heavy atom. The van der Waals surface area contributed by atoms with Gasteiger partial charge in [-0.05, 0) is 35.9 Å². The number of benzene rings is 1. The second-order valence-corrected chi connectivity index (χ2v) is 5.05. The average Bonchev–Trinajstić information content (AvgIpc) is 3.16. The lowest BCUT2D eigenvalue weighted by molar-refractivity contribution is 0.577. The lowest BCUT2D eigenvalue weighted by atomic mass is 10.1. The molecule has 0 aliphatic rings. The third kappa shape index (κ3) is 2.00. The zero-order valence-corrected chi connectivity index (χ0v) is 11.7. The van der Waals surface area contributed by atoms with Crippen molar-refractivity contribution in [3.05, 3.63) is 66.1 Å². The van der Waals surface area contributed by atoms with Crippen LogP contribution in [0, 0.1) is 0 Å². The fourth-order valence-corrected chi connectivity index (χ4v) is 2.55. The van der Waals surface area contributed by atoms with Crippen molar-refractivity contribution < 1.29 is 4.42 Å². The molecule has 3 heterocycles. The zero-order chi connectivity index (χ0) is 14.2. The maximum Gasteiger partial charge on any atom is 0.163 e. The summed E-state index contributed by atoms with van der Waals surface area (Å²) in [5.74, 6) is 0.753. The van der Waals surface area contributed by atoms with Crippen LogP contribution in [0.1, 0.15) is 0 Å². The minimum atomic E-state index is 0.689. The molecule has 0 aliphatic carbocycles. The van der Waals surface area contributed by atoms with Crippen LogP contribution >= 0.6 is 11.6 Å². The van der Waals surface area contributed by atoms with Crippen LogP contribution in [0.15, 0.2) is 65.5 Å². The van der Waals surface area contributed by atoms with E-state index in [1.165, 1.54) is 0 Å². The molecule has 4 rings (SSSR count). The van der Waals surface area contributed by atoms with E-state index in [-0.39, 0.29) is 0 Å². The van der Waals surface area contributed by atoms with Crippen molar-refractivity contribution >= 4 is 17.2 Å². The Kier molecular flexibility index (Phi) is 2.75. The normalized spacial score (nSPS) is 11.1. The molecule has 0 unspecified atom stereocenters. The number of hydrogen-bond acceptors (Lipinski definition) is 3. The Balaban J connectivity index is 1.96. The predicted octanol–water partition coefficient (Wildman–Crippen LogP) is 4.31. The van der Waals surface area contributed by atoms with Crippen LogP contribution in [0.4, 0.5) is 0 Å². The van der Waals surface area contributed by atoms with Crippen molar-refractivity contribution in [3.8, 4) is 22.6 Å². The summed E-state index contributed by atoms with van der Waals surface area (Å²) in [6, 6.07) is 13.3. The van der Waals surface area contributed by atoms with Gasteiger partial charge in [0.15, 0.2) is 11.4 Å². The Bertz CT molecular complexity index is 912. The highest BCUT2D eigenvalue weighted by Gasteiger charge is 2.13. The molecular formula is C16H10ClN3O. The number of furan rings is 1. The molecular weight excluding hydrogens is 286 g/mol. The molecule has 102 valence electrons. The van der Waals surface area contributed by atoms with Gasteiger partial charge in [0.1, 0.15) is 5.69 Å². The molecule has 4 aromatic rings. The molecule has 1 aromatic carbocycles. The number of halogens is 1.